The zero-order chi connectivity index (χ0) is 20.4. The predicted molar refractivity (Wildman–Crippen MR) is 102 cm³/mol. The molecule has 150 valence electrons. The highest BCUT2D eigenvalue weighted by molar-refractivity contribution is 6.16. The van der Waals surface area contributed by atoms with Crippen molar-refractivity contribution in [3.8, 4) is 0 Å². The number of carbonyl (C=O) groups is 2. The van der Waals surface area contributed by atoms with Crippen LogP contribution >= 0.6 is 11.6 Å². The number of rotatable bonds is 5. The van der Waals surface area contributed by atoms with Crippen LogP contribution in [0.5, 0.6) is 0 Å². The number of hydrogen-bond acceptors (Lipinski definition) is 7. The van der Waals surface area contributed by atoms with Gasteiger partial charge >= 0.3 is 11.9 Å². The summed E-state index contributed by atoms with van der Waals surface area (Å²) in [4.78, 5) is 31.9. The highest BCUT2D eigenvalue weighted by Crippen LogP contribution is 2.06. The number of esters is 1. The molecule has 0 aliphatic carbocycles. The standard InChI is InChI=1S/C11H14N2O3.C8H8ClNO2/c14-11(15)9-1-2-10(12-7-9)8-13-3-5-16-6-4-13;1-12-8(11)6-2-3-7(4-9)10-5-6/h1-2,7H,3-6,8H2,(H,14,15);2-3,5H,4H2,1H3. The lowest BCUT2D eigenvalue weighted by Gasteiger charge is -2.26. The SMILES string of the molecule is COC(=O)c1ccc(CCl)nc1.O=C(O)c1ccc(CN2CCOCC2)nc1. The number of carbonyl (C=O) groups excluding carboxylic acids is 1. The minimum absolute atomic E-state index is 0.228. The topological polar surface area (TPSA) is 102 Å². The molecule has 0 saturated carbocycles. The van der Waals surface area contributed by atoms with Gasteiger partial charge in [0.05, 0.1) is 48.7 Å². The average molecular weight is 408 g/mol. The number of carboxylic acids is 1. The number of carboxylic acid groups (broad SMARTS) is 1. The van der Waals surface area contributed by atoms with Gasteiger partial charge in [-0.15, -0.1) is 11.6 Å². The van der Waals surface area contributed by atoms with Crippen molar-refractivity contribution in [1.82, 2.24) is 14.9 Å². The molecule has 0 radical (unpaired) electrons. The molecule has 1 aliphatic rings. The lowest BCUT2D eigenvalue weighted by atomic mass is 10.2. The van der Waals surface area contributed by atoms with E-state index >= 15 is 0 Å². The van der Waals surface area contributed by atoms with Gasteiger partial charge in [0, 0.05) is 32.0 Å². The Balaban J connectivity index is 0.000000209. The molecule has 0 aromatic carbocycles. The van der Waals surface area contributed by atoms with Crippen LogP contribution in [0.15, 0.2) is 36.7 Å². The lowest BCUT2D eigenvalue weighted by Crippen LogP contribution is -2.35. The highest BCUT2D eigenvalue weighted by Gasteiger charge is 2.11. The normalized spacial score (nSPS) is 13.9. The van der Waals surface area contributed by atoms with Crippen molar-refractivity contribution in [2.75, 3.05) is 33.4 Å². The molecule has 1 N–H and O–H groups in total. The van der Waals surface area contributed by atoms with Crippen LogP contribution in [0.25, 0.3) is 0 Å². The molecule has 1 aliphatic heterocycles. The first-order valence-corrected chi connectivity index (χ1v) is 9.14. The summed E-state index contributed by atoms with van der Waals surface area (Å²) in [6, 6.07) is 6.68. The number of alkyl halides is 1. The van der Waals surface area contributed by atoms with E-state index in [0.717, 1.165) is 44.2 Å². The Hall–Kier alpha value is -2.55. The van der Waals surface area contributed by atoms with Gasteiger partial charge in [-0.3, -0.25) is 14.9 Å². The van der Waals surface area contributed by atoms with Gasteiger partial charge in [0.25, 0.3) is 0 Å². The van der Waals surface area contributed by atoms with Crippen molar-refractivity contribution in [1.29, 1.82) is 0 Å². The first kappa shape index (κ1) is 21.7. The number of ether oxygens (including phenoxy) is 2. The van der Waals surface area contributed by atoms with E-state index in [0.29, 0.717) is 11.4 Å². The smallest absolute Gasteiger partial charge is 0.339 e. The van der Waals surface area contributed by atoms with Crippen LogP contribution in [-0.2, 0) is 21.9 Å². The molecule has 3 heterocycles. The third-order valence-electron chi connectivity index (χ3n) is 3.94. The predicted octanol–water partition coefficient (Wildman–Crippen LogP) is 2.22. The second kappa shape index (κ2) is 11.3. The minimum Gasteiger partial charge on any atom is -0.478 e. The van der Waals surface area contributed by atoms with Crippen molar-refractivity contribution in [2.45, 2.75) is 12.4 Å². The molecule has 0 atom stereocenters. The summed E-state index contributed by atoms with van der Waals surface area (Å²) in [6.45, 7) is 4.08. The molecule has 9 heteroatoms. The molecule has 3 rings (SSSR count). The van der Waals surface area contributed by atoms with Gasteiger partial charge in [-0.2, -0.15) is 0 Å². The number of morpholine rings is 1. The monoisotopic (exact) mass is 407 g/mol. The van der Waals surface area contributed by atoms with Crippen LogP contribution in [0.3, 0.4) is 0 Å². The van der Waals surface area contributed by atoms with Crippen LogP contribution < -0.4 is 0 Å². The summed E-state index contributed by atoms with van der Waals surface area (Å²) >= 11 is 5.51. The van der Waals surface area contributed by atoms with E-state index in [1.807, 2.05) is 0 Å². The maximum atomic E-state index is 10.9. The van der Waals surface area contributed by atoms with Gasteiger partial charge in [0.2, 0.25) is 0 Å². The Kier molecular flexibility index (Phi) is 8.80. The van der Waals surface area contributed by atoms with Crippen LogP contribution in [0.2, 0.25) is 0 Å². The maximum absolute atomic E-state index is 10.9. The minimum atomic E-state index is -0.939. The Morgan fingerprint density at radius 3 is 2.21 bits per heavy atom. The number of aromatic nitrogens is 2. The second-order valence-electron chi connectivity index (χ2n) is 5.90. The molecule has 0 spiro atoms. The molecule has 0 unspecified atom stereocenters. The summed E-state index contributed by atoms with van der Waals surface area (Å²) in [5, 5.41) is 8.73. The van der Waals surface area contributed by atoms with E-state index in [1.165, 1.54) is 19.5 Å². The second-order valence-corrected chi connectivity index (χ2v) is 6.16. The number of halogens is 1. The van der Waals surface area contributed by atoms with Gasteiger partial charge in [-0.25, -0.2) is 9.59 Å². The van der Waals surface area contributed by atoms with E-state index in [9.17, 15) is 9.59 Å². The number of nitrogens with zero attached hydrogens (tertiary/aromatic N) is 3. The highest BCUT2D eigenvalue weighted by atomic mass is 35.5. The summed E-state index contributed by atoms with van der Waals surface area (Å²) in [5.41, 5.74) is 2.30. The molecular weight excluding hydrogens is 386 g/mol. The number of pyridine rings is 2. The fourth-order valence-electron chi connectivity index (χ4n) is 2.38. The fourth-order valence-corrected chi connectivity index (χ4v) is 2.53. The maximum Gasteiger partial charge on any atom is 0.339 e. The average Bonchev–Trinajstić information content (AvgIpc) is 2.75. The van der Waals surface area contributed by atoms with Gasteiger partial charge in [-0.1, -0.05) is 0 Å². The summed E-state index contributed by atoms with van der Waals surface area (Å²) in [6.07, 6.45) is 2.85. The Labute approximate surface area is 168 Å². The van der Waals surface area contributed by atoms with Gasteiger partial charge < -0.3 is 14.6 Å². The third-order valence-corrected chi connectivity index (χ3v) is 4.22. The molecule has 0 bridgehead atoms. The molecular formula is C19H22ClN3O5. The van der Waals surface area contributed by atoms with Gasteiger partial charge in [0.1, 0.15) is 0 Å². The van der Waals surface area contributed by atoms with Crippen molar-refractivity contribution in [2.24, 2.45) is 0 Å². The number of aromatic carboxylic acids is 1. The molecule has 8 nitrogen and oxygen atoms in total. The van der Waals surface area contributed by atoms with Crippen molar-refractivity contribution < 1.29 is 24.2 Å². The van der Waals surface area contributed by atoms with Crippen LogP contribution in [0, 0.1) is 0 Å². The molecule has 2 aromatic rings. The lowest BCUT2D eigenvalue weighted by molar-refractivity contribution is 0.0336. The van der Waals surface area contributed by atoms with E-state index in [1.54, 1.807) is 24.3 Å². The molecule has 28 heavy (non-hydrogen) atoms. The molecule has 1 fully saturated rings. The fraction of sp³-hybridized carbons (Fsp3) is 0.368. The Bertz CT molecular complexity index is 762. The van der Waals surface area contributed by atoms with Gasteiger partial charge in [0.15, 0.2) is 0 Å². The Morgan fingerprint density at radius 2 is 1.71 bits per heavy atom. The third kappa shape index (κ3) is 6.88. The van der Waals surface area contributed by atoms with E-state index in [-0.39, 0.29) is 11.5 Å². The van der Waals surface area contributed by atoms with Crippen LogP contribution in [-0.4, -0.2) is 65.3 Å². The van der Waals surface area contributed by atoms with Crippen molar-refractivity contribution >= 4 is 23.5 Å². The zero-order valence-electron chi connectivity index (χ0n) is 15.5. The largest absolute Gasteiger partial charge is 0.478 e. The van der Waals surface area contributed by atoms with E-state index in [4.69, 9.17) is 21.4 Å². The summed E-state index contributed by atoms with van der Waals surface area (Å²) in [5.74, 6) is -0.976. The van der Waals surface area contributed by atoms with E-state index < -0.39 is 5.97 Å². The molecule has 0 amide bonds. The van der Waals surface area contributed by atoms with Gasteiger partial charge in [-0.05, 0) is 24.3 Å². The van der Waals surface area contributed by atoms with Crippen molar-refractivity contribution in [3.05, 3.63) is 59.2 Å². The van der Waals surface area contributed by atoms with Crippen LogP contribution in [0.1, 0.15) is 32.1 Å². The Morgan fingerprint density at radius 1 is 1.11 bits per heavy atom. The molecule has 1 saturated heterocycles. The summed E-state index contributed by atoms with van der Waals surface area (Å²) in [7, 11) is 1.33. The van der Waals surface area contributed by atoms with E-state index in [2.05, 4.69) is 19.6 Å². The zero-order valence-corrected chi connectivity index (χ0v) is 16.3. The van der Waals surface area contributed by atoms with Crippen LogP contribution in [0.4, 0.5) is 0 Å². The summed E-state index contributed by atoms with van der Waals surface area (Å²) < 4.78 is 9.75. The molecule has 2 aromatic heterocycles. The van der Waals surface area contributed by atoms with Crippen molar-refractivity contribution in [3.63, 3.8) is 0 Å². The quantitative estimate of drug-likeness (QED) is 0.594. The first-order chi connectivity index (χ1) is 13.5. The first-order valence-electron chi connectivity index (χ1n) is 8.61. The number of methoxy groups -OCH3 is 1. The number of hydrogen-bond donors (Lipinski definition) is 1.